The third-order valence-electron chi connectivity index (χ3n) is 5.40. The number of ether oxygens (including phenoxy) is 1. The Kier molecular flexibility index (Phi) is 4.26. The monoisotopic (exact) mass is 331 g/mol. The average molecular weight is 331 g/mol. The van der Waals surface area contributed by atoms with Crippen LogP contribution in [0.5, 0.6) is 0 Å². The van der Waals surface area contributed by atoms with Crippen LogP contribution >= 0.6 is 11.3 Å². The predicted molar refractivity (Wildman–Crippen MR) is 92.9 cm³/mol. The second-order valence-electron chi connectivity index (χ2n) is 6.71. The molecule has 2 aromatic rings. The van der Waals surface area contributed by atoms with Crippen LogP contribution in [0.4, 0.5) is 0 Å². The molecule has 124 valence electrons. The van der Waals surface area contributed by atoms with Crippen molar-refractivity contribution in [2.75, 3.05) is 26.2 Å². The van der Waals surface area contributed by atoms with E-state index in [0.29, 0.717) is 0 Å². The Hall–Kier alpha value is -1.17. The maximum atomic E-state index is 6.29. The maximum Gasteiger partial charge on any atom is 0.105 e. The number of thiophene rings is 1. The third-order valence-corrected chi connectivity index (χ3v) is 6.39. The fourth-order valence-corrected chi connectivity index (χ4v) is 4.96. The van der Waals surface area contributed by atoms with Gasteiger partial charge in [-0.3, -0.25) is 0 Å². The molecule has 0 saturated carbocycles. The first-order valence-corrected chi connectivity index (χ1v) is 9.56. The van der Waals surface area contributed by atoms with Crippen LogP contribution in [0.3, 0.4) is 0 Å². The van der Waals surface area contributed by atoms with E-state index in [0.717, 1.165) is 51.3 Å². The van der Waals surface area contributed by atoms with Gasteiger partial charge in [-0.05, 0) is 49.7 Å². The molecule has 2 aromatic heterocycles. The molecular formula is C18H25N3OS. The van der Waals surface area contributed by atoms with Crippen LogP contribution in [0, 0.1) is 6.92 Å². The summed E-state index contributed by atoms with van der Waals surface area (Å²) >= 11 is 1.91. The Bertz CT molecular complexity index is 655. The van der Waals surface area contributed by atoms with Crippen molar-refractivity contribution in [3.05, 3.63) is 40.1 Å². The van der Waals surface area contributed by atoms with E-state index in [9.17, 15) is 0 Å². The minimum atomic E-state index is 0.0189. The molecule has 2 aliphatic heterocycles. The van der Waals surface area contributed by atoms with Gasteiger partial charge in [-0.2, -0.15) is 0 Å². The smallest absolute Gasteiger partial charge is 0.105 e. The van der Waals surface area contributed by atoms with E-state index in [2.05, 4.69) is 39.0 Å². The van der Waals surface area contributed by atoms with Crippen LogP contribution in [0.25, 0.3) is 0 Å². The number of aromatic nitrogens is 2. The highest BCUT2D eigenvalue weighted by molar-refractivity contribution is 7.10. The molecule has 0 atom stereocenters. The van der Waals surface area contributed by atoms with E-state index < -0.39 is 0 Å². The number of aryl methyl sites for hydroxylation is 2. The van der Waals surface area contributed by atoms with Gasteiger partial charge in [-0.15, -0.1) is 11.3 Å². The van der Waals surface area contributed by atoms with Crippen molar-refractivity contribution in [1.29, 1.82) is 0 Å². The molecule has 0 aliphatic carbocycles. The van der Waals surface area contributed by atoms with E-state index in [1.807, 2.05) is 17.5 Å². The molecule has 1 spiro atoms. The lowest BCUT2D eigenvalue weighted by Crippen LogP contribution is -2.46. The first-order valence-electron chi connectivity index (χ1n) is 8.68. The van der Waals surface area contributed by atoms with Gasteiger partial charge in [0.15, 0.2) is 0 Å². The first-order chi connectivity index (χ1) is 11.3. The molecule has 0 N–H and O–H groups in total. The Balaban J connectivity index is 1.31. The molecule has 4 nitrogen and oxygen atoms in total. The third kappa shape index (κ3) is 2.97. The SMILES string of the molecule is Cc1nccn1CCCN1CCC2(CC1)OCCc1sccc12. The normalized spacial score (nSPS) is 20.7. The van der Waals surface area contributed by atoms with E-state index in [1.54, 1.807) is 4.88 Å². The van der Waals surface area contributed by atoms with Crippen molar-refractivity contribution in [2.24, 2.45) is 0 Å². The largest absolute Gasteiger partial charge is 0.370 e. The zero-order valence-electron chi connectivity index (χ0n) is 13.8. The number of nitrogens with zero attached hydrogens (tertiary/aromatic N) is 3. The summed E-state index contributed by atoms with van der Waals surface area (Å²) in [4.78, 5) is 8.44. The van der Waals surface area contributed by atoms with Gasteiger partial charge in [0.25, 0.3) is 0 Å². The Morgan fingerprint density at radius 3 is 2.96 bits per heavy atom. The number of fused-ring (bicyclic) bond motifs is 2. The van der Waals surface area contributed by atoms with Crippen LogP contribution in [-0.4, -0.2) is 40.7 Å². The van der Waals surface area contributed by atoms with Gasteiger partial charge in [0.05, 0.1) is 12.2 Å². The number of piperidine rings is 1. The average Bonchev–Trinajstić information content (AvgIpc) is 3.20. The number of likely N-dealkylation sites (tertiary alicyclic amines) is 1. The van der Waals surface area contributed by atoms with Crippen LogP contribution in [0.2, 0.25) is 0 Å². The van der Waals surface area contributed by atoms with Gasteiger partial charge >= 0.3 is 0 Å². The molecule has 2 aliphatic rings. The van der Waals surface area contributed by atoms with Crippen LogP contribution in [0.1, 0.15) is 35.5 Å². The topological polar surface area (TPSA) is 30.3 Å². The fourth-order valence-electron chi connectivity index (χ4n) is 4.01. The van der Waals surface area contributed by atoms with Gasteiger partial charge in [-0.25, -0.2) is 4.98 Å². The molecule has 23 heavy (non-hydrogen) atoms. The van der Waals surface area contributed by atoms with Crippen LogP contribution < -0.4 is 0 Å². The molecule has 1 fully saturated rings. The Labute approximate surface area is 142 Å². The molecule has 0 unspecified atom stereocenters. The summed E-state index contributed by atoms with van der Waals surface area (Å²) in [5.74, 6) is 1.11. The molecule has 1 saturated heterocycles. The molecular weight excluding hydrogens is 306 g/mol. The van der Waals surface area contributed by atoms with Gasteiger partial charge in [0, 0.05) is 43.3 Å². The van der Waals surface area contributed by atoms with Crippen molar-refractivity contribution < 1.29 is 4.74 Å². The Morgan fingerprint density at radius 1 is 1.30 bits per heavy atom. The summed E-state index contributed by atoms with van der Waals surface area (Å²) < 4.78 is 8.53. The molecule has 4 heterocycles. The lowest BCUT2D eigenvalue weighted by Gasteiger charge is -2.44. The van der Waals surface area contributed by atoms with E-state index in [-0.39, 0.29) is 5.60 Å². The Morgan fingerprint density at radius 2 is 2.17 bits per heavy atom. The number of hydrogen-bond acceptors (Lipinski definition) is 4. The lowest BCUT2D eigenvalue weighted by atomic mass is 9.82. The van der Waals surface area contributed by atoms with Gasteiger partial charge in [0.2, 0.25) is 0 Å². The number of imidazole rings is 1. The lowest BCUT2D eigenvalue weighted by molar-refractivity contribution is -0.0971. The molecule has 0 radical (unpaired) electrons. The second-order valence-corrected chi connectivity index (χ2v) is 7.71. The number of hydrogen-bond donors (Lipinski definition) is 0. The summed E-state index contributed by atoms with van der Waals surface area (Å²) in [6.07, 6.45) is 8.53. The minimum Gasteiger partial charge on any atom is -0.370 e. The summed E-state index contributed by atoms with van der Waals surface area (Å²) in [6, 6.07) is 2.30. The highest BCUT2D eigenvalue weighted by atomic mass is 32.1. The van der Waals surface area contributed by atoms with Crippen molar-refractivity contribution in [3.63, 3.8) is 0 Å². The highest BCUT2D eigenvalue weighted by Gasteiger charge is 2.41. The summed E-state index contributed by atoms with van der Waals surface area (Å²) in [6.45, 7) is 7.51. The van der Waals surface area contributed by atoms with Crippen molar-refractivity contribution in [1.82, 2.24) is 14.5 Å². The van der Waals surface area contributed by atoms with Crippen LogP contribution in [-0.2, 0) is 23.3 Å². The van der Waals surface area contributed by atoms with E-state index >= 15 is 0 Å². The molecule has 0 amide bonds. The van der Waals surface area contributed by atoms with Gasteiger partial charge in [0.1, 0.15) is 5.82 Å². The quantitative estimate of drug-likeness (QED) is 0.862. The zero-order chi connectivity index (χ0) is 15.7. The standard InChI is InChI=1S/C18H25N3OS/c1-15-19-7-12-21(15)9-2-8-20-10-5-18(6-11-20)16-4-14-23-17(16)3-13-22-18/h4,7,12,14H,2-3,5-6,8-11,13H2,1H3. The molecule has 0 bridgehead atoms. The second kappa shape index (κ2) is 6.38. The summed E-state index contributed by atoms with van der Waals surface area (Å²) in [7, 11) is 0. The van der Waals surface area contributed by atoms with E-state index in [4.69, 9.17) is 4.74 Å². The summed E-state index contributed by atoms with van der Waals surface area (Å²) in [5, 5.41) is 2.24. The number of rotatable bonds is 4. The minimum absolute atomic E-state index is 0.0189. The maximum absolute atomic E-state index is 6.29. The predicted octanol–water partition coefficient (Wildman–Crippen LogP) is 3.21. The summed E-state index contributed by atoms with van der Waals surface area (Å²) in [5.41, 5.74) is 1.51. The van der Waals surface area contributed by atoms with Gasteiger partial charge < -0.3 is 14.2 Å². The molecule has 5 heteroatoms. The van der Waals surface area contributed by atoms with Crippen LogP contribution in [0.15, 0.2) is 23.8 Å². The molecule has 4 rings (SSSR count). The van der Waals surface area contributed by atoms with Gasteiger partial charge in [-0.1, -0.05) is 0 Å². The first kappa shape index (κ1) is 15.4. The van der Waals surface area contributed by atoms with Crippen molar-refractivity contribution in [3.8, 4) is 0 Å². The van der Waals surface area contributed by atoms with Crippen molar-refractivity contribution >= 4 is 11.3 Å². The molecule has 0 aromatic carbocycles. The van der Waals surface area contributed by atoms with E-state index in [1.165, 1.54) is 18.5 Å². The zero-order valence-corrected chi connectivity index (χ0v) is 14.6. The van der Waals surface area contributed by atoms with Crippen molar-refractivity contribution in [2.45, 2.75) is 44.8 Å². The highest BCUT2D eigenvalue weighted by Crippen LogP contribution is 2.43. The fraction of sp³-hybridized carbons (Fsp3) is 0.611.